The molecule has 2 aromatic heterocycles. The largest absolute Gasteiger partial charge is 0.373 e. The second kappa shape index (κ2) is 5.61. The minimum atomic E-state index is 0.701. The fraction of sp³-hybridized carbons (Fsp3) is 0.308. The zero-order valence-electron chi connectivity index (χ0n) is 10.4. The molecule has 0 amide bonds. The molecule has 2 heterocycles. The van der Waals surface area contributed by atoms with Crippen LogP contribution < -0.4 is 5.32 Å². The van der Waals surface area contributed by atoms with E-state index >= 15 is 0 Å². The molecule has 5 heteroatoms. The molecule has 0 spiro atoms. The van der Waals surface area contributed by atoms with Gasteiger partial charge in [0.05, 0.1) is 10.6 Å². The normalized spacial score (nSPS) is 10.1. The summed E-state index contributed by atoms with van der Waals surface area (Å²) in [5.74, 6) is 1.65. The number of thiophene rings is 1. The number of hydrogen-bond donors (Lipinski definition) is 1. The van der Waals surface area contributed by atoms with E-state index in [9.17, 15) is 0 Å². The van der Waals surface area contributed by atoms with E-state index in [-0.39, 0.29) is 0 Å². The monoisotopic (exact) mass is 258 g/mol. The maximum absolute atomic E-state index is 8.85. The van der Waals surface area contributed by atoms with Crippen molar-refractivity contribution in [1.82, 2.24) is 9.97 Å². The van der Waals surface area contributed by atoms with Crippen molar-refractivity contribution in [3.05, 3.63) is 28.9 Å². The third-order valence-corrected chi connectivity index (χ3v) is 3.48. The molecule has 1 N–H and O–H groups in total. The molecule has 0 aliphatic rings. The molecule has 2 aromatic rings. The van der Waals surface area contributed by atoms with Crippen molar-refractivity contribution >= 4 is 17.2 Å². The summed E-state index contributed by atoms with van der Waals surface area (Å²) in [7, 11) is 1.84. The van der Waals surface area contributed by atoms with Crippen molar-refractivity contribution in [2.24, 2.45) is 0 Å². The quantitative estimate of drug-likeness (QED) is 0.915. The van der Waals surface area contributed by atoms with Gasteiger partial charge in [-0.15, -0.1) is 11.3 Å². The van der Waals surface area contributed by atoms with Gasteiger partial charge in [0.25, 0.3) is 0 Å². The predicted molar refractivity (Wildman–Crippen MR) is 73.6 cm³/mol. The Morgan fingerprint density at radius 1 is 1.39 bits per heavy atom. The third kappa shape index (κ3) is 2.66. The Morgan fingerprint density at radius 2 is 2.22 bits per heavy atom. The molecular formula is C13H14N4S. The number of nitrogens with zero attached hydrogens (tertiary/aromatic N) is 3. The standard InChI is InChI=1S/C13H14N4S/c1-3-4-12-16-10(7-13(15-2)17-12)11-6-5-9(8-14)18-11/h5-7H,3-4H2,1-2H3,(H,15,16,17). The van der Waals surface area contributed by atoms with Crippen LogP contribution in [-0.2, 0) is 6.42 Å². The first-order valence-electron chi connectivity index (χ1n) is 5.82. The van der Waals surface area contributed by atoms with Crippen molar-refractivity contribution in [2.45, 2.75) is 19.8 Å². The van der Waals surface area contributed by atoms with Gasteiger partial charge in [-0.3, -0.25) is 0 Å². The zero-order valence-corrected chi connectivity index (χ0v) is 11.2. The Hall–Kier alpha value is -1.93. The molecule has 4 nitrogen and oxygen atoms in total. The highest BCUT2D eigenvalue weighted by atomic mass is 32.1. The molecule has 18 heavy (non-hydrogen) atoms. The predicted octanol–water partition coefficient (Wildman–Crippen LogP) is 3.07. The van der Waals surface area contributed by atoms with Crippen molar-refractivity contribution in [2.75, 3.05) is 12.4 Å². The van der Waals surface area contributed by atoms with Crippen LogP contribution in [0.15, 0.2) is 18.2 Å². The first-order chi connectivity index (χ1) is 8.76. The minimum Gasteiger partial charge on any atom is -0.373 e. The molecule has 92 valence electrons. The van der Waals surface area contributed by atoms with Gasteiger partial charge < -0.3 is 5.32 Å². The fourth-order valence-electron chi connectivity index (χ4n) is 1.62. The van der Waals surface area contributed by atoms with Crippen molar-refractivity contribution in [3.63, 3.8) is 0 Å². The highest BCUT2D eigenvalue weighted by molar-refractivity contribution is 7.15. The summed E-state index contributed by atoms with van der Waals surface area (Å²) in [6.45, 7) is 2.11. The molecule has 0 fully saturated rings. The van der Waals surface area contributed by atoms with Gasteiger partial charge in [-0.1, -0.05) is 6.92 Å². The first kappa shape index (κ1) is 12.5. The molecule has 0 saturated carbocycles. The Kier molecular flexibility index (Phi) is 3.90. The van der Waals surface area contributed by atoms with E-state index < -0.39 is 0 Å². The summed E-state index contributed by atoms with van der Waals surface area (Å²) in [5.41, 5.74) is 0.879. The maximum atomic E-state index is 8.85. The van der Waals surface area contributed by atoms with Gasteiger partial charge in [-0.2, -0.15) is 5.26 Å². The van der Waals surface area contributed by atoms with Crippen molar-refractivity contribution < 1.29 is 0 Å². The zero-order chi connectivity index (χ0) is 13.0. The number of aryl methyl sites for hydroxylation is 1. The molecule has 0 bridgehead atoms. The lowest BCUT2D eigenvalue weighted by Crippen LogP contribution is -2.01. The van der Waals surface area contributed by atoms with Gasteiger partial charge in [0.1, 0.15) is 22.6 Å². The SMILES string of the molecule is CCCc1nc(NC)cc(-c2ccc(C#N)s2)n1. The number of nitriles is 1. The van der Waals surface area contributed by atoms with Gasteiger partial charge in [0.2, 0.25) is 0 Å². The Balaban J connectivity index is 2.43. The number of rotatable bonds is 4. The van der Waals surface area contributed by atoms with Crippen LogP contribution in [0.2, 0.25) is 0 Å². The average Bonchev–Trinajstić information content (AvgIpc) is 2.87. The lowest BCUT2D eigenvalue weighted by Gasteiger charge is -2.05. The molecule has 0 saturated heterocycles. The summed E-state index contributed by atoms with van der Waals surface area (Å²) in [6, 6.07) is 7.81. The lowest BCUT2D eigenvalue weighted by atomic mass is 10.2. The topological polar surface area (TPSA) is 61.6 Å². The highest BCUT2D eigenvalue weighted by Crippen LogP contribution is 2.27. The fourth-order valence-corrected chi connectivity index (χ4v) is 2.39. The molecular weight excluding hydrogens is 244 g/mol. The van der Waals surface area contributed by atoms with Gasteiger partial charge in [-0.25, -0.2) is 9.97 Å². The van der Waals surface area contributed by atoms with Crippen LogP contribution in [0.1, 0.15) is 24.0 Å². The Morgan fingerprint density at radius 3 is 2.83 bits per heavy atom. The number of hydrogen-bond acceptors (Lipinski definition) is 5. The molecule has 0 unspecified atom stereocenters. The average molecular weight is 258 g/mol. The number of aromatic nitrogens is 2. The van der Waals surface area contributed by atoms with E-state index in [1.54, 1.807) is 0 Å². The molecule has 2 rings (SSSR count). The van der Waals surface area contributed by atoms with Crippen LogP contribution in [0, 0.1) is 11.3 Å². The van der Waals surface area contributed by atoms with E-state index in [1.807, 2.05) is 25.2 Å². The van der Waals surface area contributed by atoms with Crippen LogP contribution in [0.4, 0.5) is 5.82 Å². The van der Waals surface area contributed by atoms with Crippen LogP contribution in [0.5, 0.6) is 0 Å². The molecule has 0 aromatic carbocycles. The molecule has 0 atom stereocenters. The van der Waals surface area contributed by atoms with Gasteiger partial charge >= 0.3 is 0 Å². The summed E-state index contributed by atoms with van der Waals surface area (Å²) in [5, 5.41) is 11.9. The second-order valence-corrected chi connectivity index (χ2v) is 4.91. The summed E-state index contributed by atoms with van der Waals surface area (Å²) in [4.78, 5) is 10.7. The third-order valence-electron chi connectivity index (χ3n) is 2.47. The lowest BCUT2D eigenvalue weighted by molar-refractivity contribution is 0.838. The summed E-state index contributed by atoms with van der Waals surface area (Å²) >= 11 is 1.45. The smallest absolute Gasteiger partial charge is 0.131 e. The van der Waals surface area contributed by atoms with Gasteiger partial charge in [0, 0.05) is 19.5 Å². The van der Waals surface area contributed by atoms with Crippen molar-refractivity contribution in [3.8, 4) is 16.6 Å². The van der Waals surface area contributed by atoms with Crippen molar-refractivity contribution in [1.29, 1.82) is 5.26 Å². The highest BCUT2D eigenvalue weighted by Gasteiger charge is 2.08. The number of anilines is 1. The van der Waals surface area contributed by atoms with E-state index in [1.165, 1.54) is 11.3 Å². The van der Waals surface area contributed by atoms with Crippen LogP contribution in [0.3, 0.4) is 0 Å². The van der Waals surface area contributed by atoms with Gasteiger partial charge in [0.15, 0.2) is 0 Å². The van der Waals surface area contributed by atoms with E-state index in [0.717, 1.165) is 35.1 Å². The Labute approximate surface area is 110 Å². The van der Waals surface area contributed by atoms with E-state index in [2.05, 4.69) is 28.3 Å². The minimum absolute atomic E-state index is 0.701. The van der Waals surface area contributed by atoms with E-state index in [4.69, 9.17) is 5.26 Å². The molecule has 0 aliphatic carbocycles. The van der Waals surface area contributed by atoms with Crippen LogP contribution in [-0.4, -0.2) is 17.0 Å². The maximum Gasteiger partial charge on any atom is 0.131 e. The second-order valence-electron chi connectivity index (χ2n) is 3.83. The van der Waals surface area contributed by atoms with Gasteiger partial charge in [-0.05, 0) is 18.6 Å². The number of nitrogens with one attached hydrogen (secondary N) is 1. The molecule has 0 aliphatic heterocycles. The summed E-state index contributed by atoms with van der Waals surface area (Å²) < 4.78 is 0. The molecule has 0 radical (unpaired) electrons. The Bertz CT molecular complexity index is 583. The van der Waals surface area contributed by atoms with Crippen LogP contribution in [0.25, 0.3) is 10.6 Å². The van der Waals surface area contributed by atoms with E-state index in [0.29, 0.717) is 4.88 Å². The van der Waals surface area contributed by atoms with Crippen LogP contribution >= 0.6 is 11.3 Å². The first-order valence-corrected chi connectivity index (χ1v) is 6.64. The summed E-state index contributed by atoms with van der Waals surface area (Å²) in [6.07, 6.45) is 1.87.